The zero-order chi connectivity index (χ0) is 11.5. The lowest BCUT2D eigenvalue weighted by atomic mass is 10.1. The molecule has 1 N–H and O–H groups in total. The molecule has 0 saturated heterocycles. The van der Waals surface area contributed by atoms with Gasteiger partial charge in [-0.2, -0.15) is 0 Å². The zero-order valence-electron chi connectivity index (χ0n) is 10.6. The van der Waals surface area contributed by atoms with Gasteiger partial charge in [-0.05, 0) is 40.2 Å². The van der Waals surface area contributed by atoms with E-state index in [0.29, 0.717) is 12.1 Å². The molecule has 0 aliphatic heterocycles. The van der Waals surface area contributed by atoms with Gasteiger partial charge < -0.3 is 10.1 Å². The van der Waals surface area contributed by atoms with Crippen LogP contribution in [0.25, 0.3) is 0 Å². The molecule has 0 aromatic carbocycles. The molecule has 2 heteroatoms. The Morgan fingerprint density at radius 3 is 2.60 bits per heavy atom. The molecule has 0 bridgehead atoms. The van der Waals surface area contributed by atoms with E-state index in [0.717, 1.165) is 32.4 Å². The summed E-state index contributed by atoms with van der Waals surface area (Å²) >= 11 is 0. The van der Waals surface area contributed by atoms with Crippen molar-refractivity contribution in [1.82, 2.24) is 5.32 Å². The van der Waals surface area contributed by atoms with E-state index < -0.39 is 0 Å². The van der Waals surface area contributed by atoms with Crippen molar-refractivity contribution in [3.63, 3.8) is 0 Å². The molecular weight excluding hydrogens is 186 g/mol. The second kappa shape index (κ2) is 10.0. The highest BCUT2D eigenvalue weighted by atomic mass is 16.5. The molecule has 0 aromatic rings. The van der Waals surface area contributed by atoms with Crippen LogP contribution in [-0.4, -0.2) is 25.3 Å². The molecule has 15 heavy (non-hydrogen) atoms. The number of hydrogen-bond acceptors (Lipinski definition) is 2. The van der Waals surface area contributed by atoms with Gasteiger partial charge in [-0.25, -0.2) is 0 Å². The molecule has 0 aliphatic carbocycles. The van der Waals surface area contributed by atoms with E-state index in [2.05, 4.69) is 37.9 Å². The van der Waals surface area contributed by atoms with Crippen molar-refractivity contribution in [3.8, 4) is 11.8 Å². The molecular formula is C13H25NO. The Hall–Kier alpha value is -0.520. The first-order chi connectivity index (χ1) is 7.20. The van der Waals surface area contributed by atoms with Crippen LogP contribution in [0.2, 0.25) is 0 Å². The van der Waals surface area contributed by atoms with Crippen molar-refractivity contribution < 1.29 is 4.74 Å². The van der Waals surface area contributed by atoms with Gasteiger partial charge in [0, 0.05) is 12.5 Å². The zero-order valence-corrected chi connectivity index (χ0v) is 10.6. The van der Waals surface area contributed by atoms with E-state index in [1.165, 1.54) is 0 Å². The quantitative estimate of drug-likeness (QED) is 0.623. The lowest BCUT2D eigenvalue weighted by Gasteiger charge is -2.19. The van der Waals surface area contributed by atoms with Gasteiger partial charge in [-0.15, -0.1) is 11.8 Å². The maximum atomic E-state index is 5.62. The number of nitrogens with one attached hydrogen (secondary N) is 1. The van der Waals surface area contributed by atoms with Crippen LogP contribution in [0.1, 0.15) is 47.0 Å². The third-order valence-corrected chi connectivity index (χ3v) is 2.11. The fourth-order valence-electron chi connectivity index (χ4n) is 1.27. The Bertz CT molecular complexity index is 190. The van der Waals surface area contributed by atoms with E-state index >= 15 is 0 Å². The van der Waals surface area contributed by atoms with Gasteiger partial charge in [0.25, 0.3) is 0 Å². The highest BCUT2D eigenvalue weighted by Gasteiger charge is 2.07. The first-order valence-electron chi connectivity index (χ1n) is 5.95. The maximum absolute atomic E-state index is 5.62. The number of ether oxygens (including phenoxy) is 1. The van der Waals surface area contributed by atoms with Gasteiger partial charge in [0.2, 0.25) is 0 Å². The topological polar surface area (TPSA) is 21.3 Å². The summed E-state index contributed by atoms with van der Waals surface area (Å²) in [6.07, 6.45) is 3.51. The molecule has 0 aromatic heterocycles. The van der Waals surface area contributed by atoms with Crippen LogP contribution in [0, 0.1) is 11.8 Å². The molecule has 1 atom stereocenters. The minimum Gasteiger partial charge on any atom is -0.377 e. The summed E-state index contributed by atoms with van der Waals surface area (Å²) in [7, 11) is 0. The fourth-order valence-corrected chi connectivity index (χ4v) is 1.27. The molecule has 0 heterocycles. The summed E-state index contributed by atoms with van der Waals surface area (Å²) in [6.45, 7) is 10.1. The Kier molecular flexibility index (Phi) is 9.67. The van der Waals surface area contributed by atoms with Crippen LogP contribution >= 0.6 is 0 Å². The Labute approximate surface area is 94.8 Å². The molecule has 0 amide bonds. The van der Waals surface area contributed by atoms with Gasteiger partial charge in [0.05, 0.1) is 12.7 Å². The Balaban J connectivity index is 3.76. The molecule has 1 unspecified atom stereocenters. The lowest BCUT2D eigenvalue weighted by Crippen LogP contribution is -2.34. The summed E-state index contributed by atoms with van der Waals surface area (Å²) in [5, 5.41) is 3.49. The normalized spacial score (nSPS) is 12.3. The second-order valence-electron chi connectivity index (χ2n) is 4.00. The Morgan fingerprint density at radius 2 is 2.07 bits per heavy atom. The predicted molar refractivity (Wildman–Crippen MR) is 65.9 cm³/mol. The van der Waals surface area contributed by atoms with Gasteiger partial charge >= 0.3 is 0 Å². The summed E-state index contributed by atoms with van der Waals surface area (Å²) < 4.78 is 5.62. The average molecular weight is 211 g/mol. The molecule has 2 nitrogen and oxygen atoms in total. The van der Waals surface area contributed by atoms with Gasteiger partial charge in [0.1, 0.15) is 0 Å². The van der Waals surface area contributed by atoms with Crippen molar-refractivity contribution in [2.45, 2.75) is 59.1 Å². The van der Waals surface area contributed by atoms with Crippen LogP contribution in [0.4, 0.5) is 0 Å². The molecule has 0 rings (SSSR count). The summed E-state index contributed by atoms with van der Waals surface area (Å²) in [5.74, 6) is 6.02. The highest BCUT2D eigenvalue weighted by Crippen LogP contribution is 2.00. The molecule has 0 saturated carbocycles. The van der Waals surface area contributed by atoms with Gasteiger partial charge in [-0.1, -0.05) is 6.92 Å². The monoisotopic (exact) mass is 211 g/mol. The van der Waals surface area contributed by atoms with Crippen molar-refractivity contribution in [2.24, 2.45) is 0 Å². The predicted octanol–water partition coefficient (Wildman–Crippen LogP) is 2.58. The molecule has 0 aliphatic rings. The van der Waals surface area contributed by atoms with E-state index in [1.54, 1.807) is 0 Å². The van der Waals surface area contributed by atoms with Crippen LogP contribution in [0.3, 0.4) is 0 Å². The van der Waals surface area contributed by atoms with Crippen molar-refractivity contribution in [2.75, 3.05) is 13.2 Å². The standard InChI is InChI=1S/C13H25NO/c1-5-7-8-9-13(14-10-6-2)11-15-12(3)4/h12-14H,6,8-11H2,1-4H3. The van der Waals surface area contributed by atoms with Crippen molar-refractivity contribution in [1.29, 1.82) is 0 Å². The first kappa shape index (κ1) is 14.5. The molecule has 0 fully saturated rings. The van der Waals surface area contributed by atoms with E-state index in [4.69, 9.17) is 4.74 Å². The van der Waals surface area contributed by atoms with Crippen LogP contribution in [0.5, 0.6) is 0 Å². The largest absolute Gasteiger partial charge is 0.377 e. The first-order valence-corrected chi connectivity index (χ1v) is 5.95. The van der Waals surface area contributed by atoms with E-state index in [-0.39, 0.29) is 0 Å². The molecule has 0 radical (unpaired) electrons. The summed E-state index contributed by atoms with van der Waals surface area (Å²) in [4.78, 5) is 0. The van der Waals surface area contributed by atoms with Crippen molar-refractivity contribution in [3.05, 3.63) is 0 Å². The third-order valence-electron chi connectivity index (χ3n) is 2.11. The van der Waals surface area contributed by atoms with Crippen LogP contribution in [-0.2, 0) is 4.74 Å². The Morgan fingerprint density at radius 1 is 1.33 bits per heavy atom. The highest BCUT2D eigenvalue weighted by molar-refractivity contribution is 4.95. The average Bonchev–Trinajstić information content (AvgIpc) is 2.21. The molecule has 88 valence electrons. The SMILES string of the molecule is CC#CCCC(COC(C)C)NCCC. The summed E-state index contributed by atoms with van der Waals surface area (Å²) in [6, 6.07) is 0.452. The summed E-state index contributed by atoms with van der Waals surface area (Å²) in [5.41, 5.74) is 0. The number of hydrogen-bond donors (Lipinski definition) is 1. The fraction of sp³-hybridized carbons (Fsp3) is 0.846. The third kappa shape index (κ3) is 9.78. The lowest BCUT2D eigenvalue weighted by molar-refractivity contribution is 0.0599. The second-order valence-corrected chi connectivity index (χ2v) is 4.00. The van der Waals surface area contributed by atoms with Crippen molar-refractivity contribution >= 4 is 0 Å². The maximum Gasteiger partial charge on any atom is 0.0623 e. The van der Waals surface area contributed by atoms with Gasteiger partial charge in [-0.3, -0.25) is 0 Å². The molecule has 0 spiro atoms. The van der Waals surface area contributed by atoms with Gasteiger partial charge in [0.15, 0.2) is 0 Å². The number of rotatable bonds is 8. The van der Waals surface area contributed by atoms with Crippen LogP contribution < -0.4 is 5.32 Å². The smallest absolute Gasteiger partial charge is 0.0623 e. The minimum absolute atomic E-state index is 0.313. The van der Waals surface area contributed by atoms with Crippen LogP contribution in [0.15, 0.2) is 0 Å². The van der Waals surface area contributed by atoms with E-state index in [1.807, 2.05) is 6.92 Å². The minimum atomic E-state index is 0.313. The van der Waals surface area contributed by atoms with E-state index in [9.17, 15) is 0 Å².